The molecule has 2 heterocycles. The van der Waals surface area contributed by atoms with Gasteiger partial charge in [0.1, 0.15) is 0 Å². The normalized spacial score (nSPS) is 10.9. The molecular weight excluding hydrogens is 288 g/mol. The number of aryl methyl sites for hydroxylation is 1. The van der Waals surface area contributed by atoms with Gasteiger partial charge >= 0.3 is 0 Å². The molecule has 0 radical (unpaired) electrons. The lowest BCUT2D eigenvalue weighted by Crippen LogP contribution is -2.16. The molecular formula is C14H22N4S2. The molecule has 1 N–H and O–H groups in total. The predicted octanol–water partition coefficient (Wildman–Crippen LogP) is 3.30. The lowest BCUT2D eigenvalue weighted by Gasteiger charge is -2.13. The van der Waals surface area contributed by atoms with Crippen LogP contribution in [0.4, 0.5) is 5.13 Å². The number of anilines is 1. The van der Waals surface area contributed by atoms with Crippen LogP contribution < -0.4 is 10.2 Å². The van der Waals surface area contributed by atoms with Crippen molar-refractivity contribution in [2.24, 2.45) is 0 Å². The van der Waals surface area contributed by atoms with E-state index in [-0.39, 0.29) is 0 Å². The zero-order chi connectivity index (χ0) is 14.4. The largest absolute Gasteiger partial charge is 0.345 e. The molecule has 0 aliphatic heterocycles. The van der Waals surface area contributed by atoms with Crippen LogP contribution >= 0.6 is 22.7 Å². The predicted molar refractivity (Wildman–Crippen MR) is 87.7 cm³/mol. The monoisotopic (exact) mass is 310 g/mol. The van der Waals surface area contributed by atoms with Gasteiger partial charge in [0.05, 0.1) is 23.4 Å². The van der Waals surface area contributed by atoms with Crippen LogP contribution in [0.15, 0.2) is 10.9 Å². The first-order valence-electron chi connectivity index (χ1n) is 7.02. The van der Waals surface area contributed by atoms with Crippen molar-refractivity contribution in [2.45, 2.75) is 39.8 Å². The Balaban J connectivity index is 2.03. The highest BCUT2D eigenvalue weighted by Crippen LogP contribution is 2.27. The SMILES string of the molecule is CCCNCc1sc(N(C)Cc2cscn2)nc1CC. The molecule has 0 fully saturated rings. The molecule has 0 atom stereocenters. The molecule has 0 saturated carbocycles. The average Bonchev–Trinajstić information content (AvgIpc) is 3.08. The number of hydrogen-bond acceptors (Lipinski definition) is 6. The van der Waals surface area contributed by atoms with Crippen LogP contribution in [0.3, 0.4) is 0 Å². The maximum absolute atomic E-state index is 4.77. The van der Waals surface area contributed by atoms with Crippen molar-refractivity contribution in [3.63, 3.8) is 0 Å². The van der Waals surface area contributed by atoms with Gasteiger partial charge in [-0.25, -0.2) is 9.97 Å². The number of nitrogens with one attached hydrogen (secondary N) is 1. The van der Waals surface area contributed by atoms with E-state index in [1.54, 1.807) is 22.7 Å². The quantitative estimate of drug-likeness (QED) is 0.760. The Kier molecular flexibility index (Phi) is 5.94. The Bertz CT molecular complexity index is 507. The molecule has 2 rings (SSSR count). The molecule has 0 aliphatic rings. The first-order valence-corrected chi connectivity index (χ1v) is 8.78. The van der Waals surface area contributed by atoms with Crippen LogP contribution in [0.1, 0.15) is 36.5 Å². The number of aromatic nitrogens is 2. The Morgan fingerprint density at radius 2 is 2.20 bits per heavy atom. The van der Waals surface area contributed by atoms with Gasteiger partial charge < -0.3 is 10.2 Å². The van der Waals surface area contributed by atoms with Crippen LogP contribution in [0.25, 0.3) is 0 Å². The molecule has 0 spiro atoms. The van der Waals surface area contributed by atoms with Crippen molar-refractivity contribution in [1.29, 1.82) is 0 Å². The van der Waals surface area contributed by atoms with E-state index in [1.807, 2.05) is 5.51 Å². The Morgan fingerprint density at radius 3 is 2.85 bits per heavy atom. The van der Waals surface area contributed by atoms with E-state index in [0.29, 0.717) is 0 Å². The second-order valence-electron chi connectivity index (χ2n) is 4.73. The van der Waals surface area contributed by atoms with Crippen LogP contribution in [0, 0.1) is 0 Å². The topological polar surface area (TPSA) is 41.0 Å². The minimum absolute atomic E-state index is 0.821. The summed E-state index contributed by atoms with van der Waals surface area (Å²) in [5.74, 6) is 0. The molecule has 0 saturated heterocycles. The van der Waals surface area contributed by atoms with Gasteiger partial charge in [-0.1, -0.05) is 13.8 Å². The van der Waals surface area contributed by atoms with Crippen molar-refractivity contribution in [1.82, 2.24) is 15.3 Å². The summed E-state index contributed by atoms with van der Waals surface area (Å²) in [7, 11) is 2.08. The average molecular weight is 310 g/mol. The van der Waals surface area contributed by atoms with E-state index in [0.717, 1.165) is 43.3 Å². The number of thiazole rings is 2. The molecule has 0 aromatic carbocycles. The van der Waals surface area contributed by atoms with Crippen molar-refractivity contribution in [3.8, 4) is 0 Å². The van der Waals surface area contributed by atoms with Gasteiger partial charge in [0, 0.05) is 23.8 Å². The number of nitrogens with zero attached hydrogens (tertiary/aromatic N) is 3. The van der Waals surface area contributed by atoms with Gasteiger partial charge in [-0.3, -0.25) is 0 Å². The highest BCUT2D eigenvalue weighted by molar-refractivity contribution is 7.15. The molecule has 0 bridgehead atoms. The van der Waals surface area contributed by atoms with Crippen molar-refractivity contribution < 1.29 is 0 Å². The molecule has 0 aliphatic carbocycles. The summed E-state index contributed by atoms with van der Waals surface area (Å²) in [4.78, 5) is 12.6. The summed E-state index contributed by atoms with van der Waals surface area (Å²) in [5, 5.41) is 6.64. The van der Waals surface area contributed by atoms with Gasteiger partial charge in [0.15, 0.2) is 5.13 Å². The summed E-state index contributed by atoms with van der Waals surface area (Å²) in [6, 6.07) is 0. The Labute approximate surface area is 128 Å². The lowest BCUT2D eigenvalue weighted by molar-refractivity contribution is 0.676. The van der Waals surface area contributed by atoms with Crippen molar-refractivity contribution in [3.05, 3.63) is 27.2 Å². The maximum Gasteiger partial charge on any atom is 0.185 e. The van der Waals surface area contributed by atoms with E-state index >= 15 is 0 Å². The Morgan fingerprint density at radius 1 is 1.35 bits per heavy atom. The molecule has 6 heteroatoms. The van der Waals surface area contributed by atoms with Gasteiger partial charge in [-0.05, 0) is 19.4 Å². The highest BCUT2D eigenvalue weighted by atomic mass is 32.1. The minimum atomic E-state index is 0.821. The third-order valence-electron chi connectivity index (χ3n) is 3.02. The van der Waals surface area contributed by atoms with Crippen LogP contribution in [-0.2, 0) is 19.5 Å². The summed E-state index contributed by atoms with van der Waals surface area (Å²) in [5.41, 5.74) is 4.21. The molecule has 2 aromatic heterocycles. The minimum Gasteiger partial charge on any atom is -0.345 e. The number of rotatable bonds is 8. The summed E-state index contributed by atoms with van der Waals surface area (Å²) in [6.07, 6.45) is 2.15. The van der Waals surface area contributed by atoms with Crippen LogP contribution in [-0.4, -0.2) is 23.6 Å². The second-order valence-corrected chi connectivity index (χ2v) is 6.51. The summed E-state index contributed by atoms with van der Waals surface area (Å²) in [6.45, 7) is 7.17. The van der Waals surface area contributed by atoms with Crippen molar-refractivity contribution >= 4 is 27.8 Å². The molecule has 0 amide bonds. The fourth-order valence-corrected chi connectivity index (χ4v) is 3.58. The fraction of sp³-hybridized carbons (Fsp3) is 0.571. The van der Waals surface area contributed by atoms with E-state index in [1.165, 1.54) is 10.6 Å². The summed E-state index contributed by atoms with van der Waals surface area (Å²) < 4.78 is 0. The van der Waals surface area contributed by atoms with E-state index in [2.05, 4.69) is 41.5 Å². The first-order chi connectivity index (χ1) is 9.74. The van der Waals surface area contributed by atoms with Gasteiger partial charge in [0.2, 0.25) is 0 Å². The molecule has 4 nitrogen and oxygen atoms in total. The van der Waals surface area contributed by atoms with Crippen LogP contribution in [0.5, 0.6) is 0 Å². The zero-order valence-electron chi connectivity index (χ0n) is 12.3. The van der Waals surface area contributed by atoms with E-state index < -0.39 is 0 Å². The lowest BCUT2D eigenvalue weighted by atomic mass is 10.3. The molecule has 20 heavy (non-hydrogen) atoms. The third-order valence-corrected chi connectivity index (χ3v) is 4.87. The van der Waals surface area contributed by atoms with Crippen molar-refractivity contribution in [2.75, 3.05) is 18.5 Å². The molecule has 110 valence electrons. The first kappa shape index (κ1) is 15.4. The van der Waals surface area contributed by atoms with Gasteiger partial charge in [-0.15, -0.1) is 22.7 Å². The third kappa shape index (κ3) is 4.01. The summed E-state index contributed by atoms with van der Waals surface area (Å²) >= 11 is 3.43. The van der Waals surface area contributed by atoms with E-state index in [4.69, 9.17) is 4.98 Å². The van der Waals surface area contributed by atoms with Crippen LogP contribution in [0.2, 0.25) is 0 Å². The smallest absolute Gasteiger partial charge is 0.185 e. The standard InChI is InChI=1S/C14H22N4S2/c1-4-6-15-7-13-12(5-2)17-14(20-13)18(3)8-11-9-19-10-16-11/h9-10,15H,4-8H2,1-3H3. The van der Waals surface area contributed by atoms with Gasteiger partial charge in [-0.2, -0.15) is 0 Å². The maximum atomic E-state index is 4.77. The fourth-order valence-electron chi connectivity index (χ4n) is 1.95. The number of hydrogen-bond donors (Lipinski definition) is 1. The Hall–Kier alpha value is -0.980. The molecule has 0 unspecified atom stereocenters. The molecule has 2 aromatic rings. The highest BCUT2D eigenvalue weighted by Gasteiger charge is 2.13. The zero-order valence-corrected chi connectivity index (χ0v) is 14.0. The van der Waals surface area contributed by atoms with E-state index in [9.17, 15) is 0 Å². The van der Waals surface area contributed by atoms with Gasteiger partial charge in [0.25, 0.3) is 0 Å². The second kappa shape index (κ2) is 7.71.